The van der Waals surface area contributed by atoms with Crippen LogP contribution in [0.3, 0.4) is 0 Å². The summed E-state index contributed by atoms with van der Waals surface area (Å²) in [4.78, 5) is 0. The van der Waals surface area contributed by atoms with Gasteiger partial charge in [0.15, 0.2) is 22.7 Å². The minimum atomic E-state index is -1.88. The first-order valence-corrected chi connectivity index (χ1v) is 8.24. The van der Waals surface area contributed by atoms with Crippen molar-refractivity contribution in [2.45, 2.75) is 5.75 Å². The maximum atomic E-state index is 13.4. The molecule has 23 heavy (non-hydrogen) atoms. The van der Waals surface area contributed by atoms with Crippen molar-refractivity contribution < 1.29 is 22.3 Å². The lowest BCUT2D eigenvalue weighted by molar-refractivity contribution is 0.219. The fourth-order valence-corrected chi connectivity index (χ4v) is 3.05. The summed E-state index contributed by atoms with van der Waals surface area (Å²) in [5.41, 5.74) is 3.98. The molecule has 6 heteroatoms. The lowest BCUT2D eigenvalue weighted by Crippen LogP contribution is -1.95. The van der Waals surface area contributed by atoms with Crippen molar-refractivity contribution in [1.82, 2.24) is 0 Å². The first kappa shape index (κ1) is 16.0. The molecule has 1 unspecified atom stereocenters. The fraction of sp³-hybridized carbons (Fsp3) is 0.176. The van der Waals surface area contributed by atoms with Gasteiger partial charge in [-0.2, -0.15) is 0 Å². The van der Waals surface area contributed by atoms with Crippen molar-refractivity contribution in [2.24, 2.45) is 0 Å². The van der Waals surface area contributed by atoms with E-state index in [4.69, 9.17) is 9.29 Å². The van der Waals surface area contributed by atoms with E-state index in [1.165, 1.54) is 12.1 Å². The van der Waals surface area contributed by atoms with Crippen LogP contribution in [0.1, 0.15) is 16.7 Å². The Morgan fingerprint density at radius 2 is 1.57 bits per heavy atom. The number of hydrogen-bond donors (Lipinski definition) is 1. The van der Waals surface area contributed by atoms with E-state index >= 15 is 0 Å². The molecule has 0 saturated carbocycles. The third kappa shape index (κ3) is 3.55. The number of halogens is 2. The standard InChI is InChI=1S/C17H14F2O3S/c18-16-6-5-13(7-17(16)19)15-9-22-8-14(15)12-3-1-11(2-4-12)10-23(20)21/h1-7H,8-10H2,(H,20,21). The molecule has 1 aliphatic heterocycles. The van der Waals surface area contributed by atoms with Gasteiger partial charge in [0.25, 0.3) is 0 Å². The molecule has 2 aromatic rings. The van der Waals surface area contributed by atoms with Crippen molar-refractivity contribution in [3.63, 3.8) is 0 Å². The summed E-state index contributed by atoms with van der Waals surface area (Å²) in [5, 5.41) is 0. The second-order valence-corrected chi connectivity index (χ2v) is 6.17. The van der Waals surface area contributed by atoms with Gasteiger partial charge in [0.1, 0.15) is 0 Å². The molecule has 0 amide bonds. The van der Waals surface area contributed by atoms with E-state index in [0.717, 1.165) is 28.3 Å². The largest absolute Gasteiger partial charge is 0.372 e. The molecule has 1 aliphatic rings. The van der Waals surface area contributed by atoms with E-state index in [-0.39, 0.29) is 5.75 Å². The minimum Gasteiger partial charge on any atom is -0.372 e. The van der Waals surface area contributed by atoms with E-state index in [9.17, 15) is 13.0 Å². The highest BCUT2D eigenvalue weighted by atomic mass is 32.2. The second kappa shape index (κ2) is 6.70. The molecule has 0 bridgehead atoms. The summed E-state index contributed by atoms with van der Waals surface area (Å²) in [7, 11) is 0. The Kier molecular flexibility index (Phi) is 4.66. The van der Waals surface area contributed by atoms with Crippen LogP contribution >= 0.6 is 0 Å². The van der Waals surface area contributed by atoms with E-state index in [1.54, 1.807) is 12.1 Å². The summed E-state index contributed by atoms with van der Waals surface area (Å²) in [5.74, 6) is -1.69. The molecular formula is C17H14F2O3S. The van der Waals surface area contributed by atoms with Gasteiger partial charge in [-0.25, -0.2) is 13.0 Å². The zero-order chi connectivity index (χ0) is 16.4. The van der Waals surface area contributed by atoms with Gasteiger partial charge in [-0.1, -0.05) is 30.3 Å². The van der Waals surface area contributed by atoms with Gasteiger partial charge in [0, 0.05) is 0 Å². The first-order chi connectivity index (χ1) is 11.0. The lowest BCUT2D eigenvalue weighted by Gasteiger charge is -2.08. The highest BCUT2D eigenvalue weighted by Gasteiger charge is 2.19. The van der Waals surface area contributed by atoms with Crippen LogP contribution in [-0.2, 0) is 21.6 Å². The molecule has 0 saturated heterocycles. The quantitative estimate of drug-likeness (QED) is 0.868. The van der Waals surface area contributed by atoms with Gasteiger partial charge in [-0.15, -0.1) is 0 Å². The van der Waals surface area contributed by atoms with Gasteiger partial charge >= 0.3 is 0 Å². The molecule has 1 heterocycles. The molecular weight excluding hydrogens is 322 g/mol. The first-order valence-electron chi connectivity index (χ1n) is 6.96. The Labute approximate surface area is 134 Å². The van der Waals surface area contributed by atoms with Gasteiger partial charge < -0.3 is 9.29 Å². The van der Waals surface area contributed by atoms with Crippen molar-refractivity contribution >= 4 is 22.2 Å². The fourth-order valence-electron chi connectivity index (χ4n) is 2.57. The van der Waals surface area contributed by atoms with Crippen LogP contribution < -0.4 is 0 Å². The maximum Gasteiger partial charge on any atom is 0.159 e. The zero-order valence-electron chi connectivity index (χ0n) is 12.1. The highest BCUT2D eigenvalue weighted by Crippen LogP contribution is 2.32. The Bertz CT molecular complexity index is 785. The van der Waals surface area contributed by atoms with E-state index in [0.29, 0.717) is 18.8 Å². The van der Waals surface area contributed by atoms with Crippen LogP contribution in [0.5, 0.6) is 0 Å². The maximum absolute atomic E-state index is 13.4. The van der Waals surface area contributed by atoms with Gasteiger partial charge in [-0.05, 0) is 40.0 Å². The molecule has 0 fully saturated rings. The Balaban J connectivity index is 1.95. The molecule has 120 valence electrons. The second-order valence-electron chi connectivity index (χ2n) is 5.24. The summed E-state index contributed by atoms with van der Waals surface area (Å²) >= 11 is -1.88. The van der Waals surface area contributed by atoms with Crippen LogP contribution in [0.2, 0.25) is 0 Å². The number of hydrogen-bond acceptors (Lipinski definition) is 2. The predicted molar refractivity (Wildman–Crippen MR) is 84.9 cm³/mol. The molecule has 3 nitrogen and oxygen atoms in total. The molecule has 0 aromatic heterocycles. The summed E-state index contributed by atoms with van der Waals surface area (Å²) in [6.45, 7) is 0.725. The van der Waals surface area contributed by atoms with Gasteiger partial charge in [0.05, 0.1) is 19.0 Å². The van der Waals surface area contributed by atoms with Crippen molar-refractivity contribution in [3.8, 4) is 0 Å². The molecule has 0 aliphatic carbocycles. The van der Waals surface area contributed by atoms with Crippen LogP contribution in [0, 0.1) is 11.6 Å². The Morgan fingerprint density at radius 1 is 0.957 bits per heavy atom. The monoisotopic (exact) mass is 336 g/mol. The van der Waals surface area contributed by atoms with Crippen LogP contribution in [0.4, 0.5) is 8.78 Å². The van der Waals surface area contributed by atoms with E-state index in [1.807, 2.05) is 12.1 Å². The van der Waals surface area contributed by atoms with Gasteiger partial charge in [-0.3, -0.25) is 0 Å². The highest BCUT2D eigenvalue weighted by molar-refractivity contribution is 7.78. The molecule has 1 N–H and O–H groups in total. The predicted octanol–water partition coefficient (Wildman–Crippen LogP) is 3.63. The molecule has 3 rings (SSSR count). The van der Waals surface area contributed by atoms with Crippen LogP contribution in [0.25, 0.3) is 11.1 Å². The summed E-state index contributed by atoms with van der Waals surface area (Å²) in [6.07, 6.45) is 0. The average Bonchev–Trinajstić information content (AvgIpc) is 3.00. The van der Waals surface area contributed by atoms with Crippen LogP contribution in [-0.4, -0.2) is 22.0 Å². The molecule has 1 atom stereocenters. The lowest BCUT2D eigenvalue weighted by atomic mass is 9.96. The zero-order valence-corrected chi connectivity index (χ0v) is 12.9. The van der Waals surface area contributed by atoms with Gasteiger partial charge in [0.2, 0.25) is 0 Å². The average molecular weight is 336 g/mol. The summed E-state index contributed by atoms with van der Waals surface area (Å²) in [6, 6.07) is 11.0. The Morgan fingerprint density at radius 3 is 2.17 bits per heavy atom. The Hall–Kier alpha value is -1.89. The van der Waals surface area contributed by atoms with E-state index in [2.05, 4.69) is 0 Å². The van der Waals surface area contributed by atoms with Crippen LogP contribution in [0.15, 0.2) is 42.5 Å². The third-order valence-electron chi connectivity index (χ3n) is 3.72. The van der Waals surface area contributed by atoms with Crippen molar-refractivity contribution in [2.75, 3.05) is 13.2 Å². The summed E-state index contributed by atoms with van der Waals surface area (Å²) < 4.78 is 51.7. The molecule has 2 aromatic carbocycles. The topological polar surface area (TPSA) is 46.5 Å². The van der Waals surface area contributed by atoms with E-state index < -0.39 is 22.7 Å². The number of ether oxygens (including phenoxy) is 1. The number of benzene rings is 2. The smallest absolute Gasteiger partial charge is 0.159 e. The SMILES string of the molecule is O=S(O)Cc1ccc(C2=C(c3ccc(F)c(F)c3)COC2)cc1. The van der Waals surface area contributed by atoms with Crippen molar-refractivity contribution in [1.29, 1.82) is 0 Å². The molecule has 0 spiro atoms. The third-order valence-corrected chi connectivity index (χ3v) is 4.30. The van der Waals surface area contributed by atoms with Crippen molar-refractivity contribution in [3.05, 3.63) is 70.8 Å². The normalized spacial score (nSPS) is 16.0. The minimum absolute atomic E-state index is 0.0753. The molecule has 0 radical (unpaired) electrons. The number of rotatable bonds is 4.